The fourth-order valence-electron chi connectivity index (χ4n) is 4.69. The summed E-state index contributed by atoms with van der Waals surface area (Å²) >= 11 is 0. The van der Waals surface area contributed by atoms with Crippen LogP contribution in [0, 0.1) is 11.8 Å². The van der Waals surface area contributed by atoms with Crippen LogP contribution in [0.3, 0.4) is 0 Å². The second kappa shape index (κ2) is 7.88. The predicted molar refractivity (Wildman–Crippen MR) is 102 cm³/mol. The summed E-state index contributed by atoms with van der Waals surface area (Å²) in [6.45, 7) is 12.3. The zero-order valence-corrected chi connectivity index (χ0v) is 15.6. The Bertz CT molecular complexity index is 526. The Morgan fingerprint density at radius 1 is 1.12 bits per heavy atom. The molecule has 134 valence electrons. The van der Waals surface area contributed by atoms with Gasteiger partial charge in [-0.1, -0.05) is 26.3 Å². The zero-order chi connectivity index (χ0) is 17.0. The minimum atomic E-state index is 0.410. The van der Waals surface area contributed by atoms with Crippen LogP contribution in [0.15, 0.2) is 24.3 Å². The van der Waals surface area contributed by atoms with Crippen LogP contribution in [0.4, 0.5) is 5.69 Å². The molecule has 0 amide bonds. The van der Waals surface area contributed by atoms with Crippen LogP contribution in [0.25, 0.3) is 0 Å². The summed E-state index contributed by atoms with van der Waals surface area (Å²) in [5.74, 6) is 1.97. The van der Waals surface area contributed by atoms with E-state index in [0.29, 0.717) is 5.75 Å². The Balaban J connectivity index is 1.70. The summed E-state index contributed by atoms with van der Waals surface area (Å²) < 4.78 is 1.06. The van der Waals surface area contributed by atoms with E-state index in [0.717, 1.165) is 16.3 Å². The van der Waals surface area contributed by atoms with E-state index in [-0.39, 0.29) is 0 Å². The van der Waals surface area contributed by atoms with Gasteiger partial charge in [0, 0.05) is 31.4 Å². The number of phenols is 1. The molecule has 3 nitrogen and oxygen atoms in total. The number of piperidine rings is 2. The van der Waals surface area contributed by atoms with Gasteiger partial charge in [0.1, 0.15) is 11.4 Å². The molecular formula is C21H35N2O+. The van der Waals surface area contributed by atoms with Gasteiger partial charge in [0.25, 0.3) is 0 Å². The van der Waals surface area contributed by atoms with E-state index in [4.69, 9.17) is 0 Å². The molecule has 3 heteroatoms. The second-order valence-corrected chi connectivity index (χ2v) is 8.29. The molecule has 1 N–H and O–H groups in total. The molecule has 2 saturated heterocycles. The number of likely N-dealkylation sites (tertiary alicyclic amines) is 2. The fourth-order valence-corrected chi connectivity index (χ4v) is 4.69. The quantitative estimate of drug-likeness (QED) is 0.815. The standard InChI is InChI=1S/C21H34N2O/c1-18-10-15-23(17-19(18)2,20-8-6-9-21(24)16-20)14-7-13-22-11-4-3-5-12-22/h6,8-9,16,18-19H,3-5,7,10-15,17H2,1-2H3/p+1. The first-order valence-electron chi connectivity index (χ1n) is 9.97. The molecular weight excluding hydrogens is 296 g/mol. The van der Waals surface area contributed by atoms with E-state index in [1.54, 1.807) is 6.07 Å². The van der Waals surface area contributed by atoms with Gasteiger partial charge in [-0.05, 0) is 44.0 Å². The normalized spacial score (nSPS) is 31.9. The number of phenolic OH excluding ortho intramolecular Hbond substituents is 1. The molecule has 0 aliphatic carbocycles. The van der Waals surface area contributed by atoms with E-state index in [2.05, 4.69) is 24.8 Å². The van der Waals surface area contributed by atoms with Crippen molar-refractivity contribution in [3.63, 3.8) is 0 Å². The van der Waals surface area contributed by atoms with Gasteiger partial charge in [0.2, 0.25) is 0 Å². The van der Waals surface area contributed by atoms with Crippen LogP contribution in [-0.2, 0) is 0 Å². The molecule has 24 heavy (non-hydrogen) atoms. The molecule has 0 bridgehead atoms. The third kappa shape index (κ3) is 4.12. The number of aromatic hydroxyl groups is 1. The monoisotopic (exact) mass is 331 g/mol. The SMILES string of the molecule is CC1CC[N+](CCCN2CCCCC2)(c2cccc(O)c2)CC1C. The van der Waals surface area contributed by atoms with Crippen molar-refractivity contribution in [1.29, 1.82) is 0 Å². The lowest BCUT2D eigenvalue weighted by atomic mass is 9.86. The highest BCUT2D eigenvalue weighted by Crippen LogP contribution is 2.35. The molecule has 1 aromatic rings. The maximum absolute atomic E-state index is 9.99. The van der Waals surface area contributed by atoms with Gasteiger partial charge in [-0.2, -0.15) is 0 Å². The first-order valence-corrected chi connectivity index (χ1v) is 9.97. The Morgan fingerprint density at radius 2 is 1.92 bits per heavy atom. The summed E-state index contributed by atoms with van der Waals surface area (Å²) in [5.41, 5.74) is 1.31. The Kier molecular flexibility index (Phi) is 5.83. The summed E-state index contributed by atoms with van der Waals surface area (Å²) in [4.78, 5) is 2.65. The van der Waals surface area contributed by atoms with Crippen molar-refractivity contribution < 1.29 is 5.11 Å². The lowest BCUT2D eigenvalue weighted by Gasteiger charge is -2.46. The van der Waals surface area contributed by atoms with Crippen LogP contribution in [-0.4, -0.2) is 49.3 Å². The lowest BCUT2D eigenvalue weighted by molar-refractivity contribution is 0.131. The Hall–Kier alpha value is -1.06. The molecule has 3 atom stereocenters. The van der Waals surface area contributed by atoms with Crippen LogP contribution in [0.1, 0.15) is 46.0 Å². The van der Waals surface area contributed by atoms with Crippen LogP contribution < -0.4 is 4.48 Å². The van der Waals surface area contributed by atoms with Gasteiger partial charge in [0.15, 0.2) is 0 Å². The minimum absolute atomic E-state index is 0.410. The van der Waals surface area contributed by atoms with Crippen molar-refractivity contribution >= 4 is 5.69 Å². The van der Waals surface area contributed by atoms with Crippen LogP contribution >= 0.6 is 0 Å². The molecule has 0 aromatic heterocycles. The molecule has 2 aliphatic rings. The summed E-state index contributed by atoms with van der Waals surface area (Å²) in [7, 11) is 0. The average Bonchev–Trinajstić information content (AvgIpc) is 2.59. The van der Waals surface area contributed by atoms with Gasteiger partial charge < -0.3 is 10.0 Å². The molecule has 2 heterocycles. The summed E-state index contributed by atoms with van der Waals surface area (Å²) in [6.07, 6.45) is 6.72. The molecule has 2 aliphatic heterocycles. The zero-order valence-electron chi connectivity index (χ0n) is 15.6. The summed E-state index contributed by atoms with van der Waals surface area (Å²) in [6, 6.07) is 8.04. The Morgan fingerprint density at radius 3 is 2.62 bits per heavy atom. The topological polar surface area (TPSA) is 23.5 Å². The van der Waals surface area contributed by atoms with Gasteiger partial charge >= 0.3 is 0 Å². The van der Waals surface area contributed by atoms with Crippen molar-refractivity contribution in [1.82, 2.24) is 9.38 Å². The minimum Gasteiger partial charge on any atom is -0.508 e. The lowest BCUT2D eigenvalue weighted by Crippen LogP contribution is -2.57. The molecule has 0 radical (unpaired) electrons. The summed E-state index contributed by atoms with van der Waals surface area (Å²) in [5, 5.41) is 9.99. The third-order valence-corrected chi connectivity index (χ3v) is 6.51. The van der Waals surface area contributed by atoms with E-state index in [9.17, 15) is 5.11 Å². The smallest absolute Gasteiger partial charge is 0.136 e. The van der Waals surface area contributed by atoms with Crippen molar-refractivity contribution in [3.05, 3.63) is 24.3 Å². The van der Waals surface area contributed by atoms with Crippen LogP contribution in [0.5, 0.6) is 5.75 Å². The molecule has 3 rings (SSSR count). The first kappa shape index (κ1) is 17.8. The highest BCUT2D eigenvalue weighted by Gasteiger charge is 2.38. The van der Waals surface area contributed by atoms with Crippen LogP contribution in [0.2, 0.25) is 0 Å². The molecule has 3 unspecified atom stereocenters. The maximum Gasteiger partial charge on any atom is 0.136 e. The molecule has 1 aromatic carbocycles. The van der Waals surface area contributed by atoms with Gasteiger partial charge in [0.05, 0.1) is 19.6 Å². The molecule has 2 fully saturated rings. The highest BCUT2D eigenvalue weighted by atomic mass is 16.3. The maximum atomic E-state index is 9.99. The Labute approximate surface area is 147 Å². The number of hydrogen-bond donors (Lipinski definition) is 1. The van der Waals surface area contributed by atoms with E-state index < -0.39 is 0 Å². The number of rotatable bonds is 5. The number of nitrogens with zero attached hydrogens (tertiary/aromatic N) is 2. The van der Waals surface area contributed by atoms with Crippen molar-refractivity contribution in [2.24, 2.45) is 11.8 Å². The predicted octanol–water partition coefficient (Wildman–Crippen LogP) is 4.25. The average molecular weight is 332 g/mol. The van der Waals surface area contributed by atoms with Gasteiger partial charge in [-0.3, -0.25) is 4.48 Å². The van der Waals surface area contributed by atoms with Gasteiger partial charge in [-0.25, -0.2) is 0 Å². The van der Waals surface area contributed by atoms with Gasteiger partial charge in [-0.15, -0.1) is 0 Å². The third-order valence-electron chi connectivity index (χ3n) is 6.51. The largest absolute Gasteiger partial charge is 0.508 e. The van der Waals surface area contributed by atoms with E-state index >= 15 is 0 Å². The molecule has 0 spiro atoms. The number of hydrogen-bond acceptors (Lipinski definition) is 2. The fraction of sp³-hybridized carbons (Fsp3) is 0.714. The number of quaternary nitrogens is 1. The van der Waals surface area contributed by atoms with Crippen molar-refractivity contribution in [2.45, 2.75) is 46.0 Å². The van der Waals surface area contributed by atoms with Crippen molar-refractivity contribution in [3.8, 4) is 5.75 Å². The second-order valence-electron chi connectivity index (χ2n) is 8.29. The van der Waals surface area contributed by atoms with E-state index in [1.165, 1.54) is 77.1 Å². The highest BCUT2D eigenvalue weighted by molar-refractivity contribution is 5.47. The van der Waals surface area contributed by atoms with E-state index in [1.807, 2.05) is 12.1 Å². The number of benzene rings is 1. The molecule has 0 saturated carbocycles. The first-order chi connectivity index (χ1) is 11.6. The van der Waals surface area contributed by atoms with Crippen molar-refractivity contribution in [2.75, 3.05) is 39.3 Å².